The number of nitrogens with two attached hydrogens (primary N) is 1. The Morgan fingerprint density at radius 1 is 1.03 bits per heavy atom. The summed E-state index contributed by atoms with van der Waals surface area (Å²) in [6, 6.07) is 9.47. The molecule has 0 spiro atoms. The standard InChI is InChI=1S/C23H30N4O2S/c1-27(2)14-16-9-11-17(12-10-16)15-30(24,29)26-23(28)25-22-20-7-3-5-18(20)13-19-6-4-8-21(19)22/h9-13H,3-8,14-15H2,1-2H3,(H3,24,25,26,28,29)/t30-/m0/s1. The third kappa shape index (κ3) is 4.74. The smallest absolute Gasteiger partial charge is 0.305 e. The summed E-state index contributed by atoms with van der Waals surface area (Å²) in [7, 11) is 0.854. The average Bonchev–Trinajstić information content (AvgIpc) is 3.31. The highest BCUT2D eigenvalue weighted by Gasteiger charge is 2.25. The molecule has 160 valence electrons. The Hall–Kier alpha value is -2.22. The first-order chi connectivity index (χ1) is 14.3. The van der Waals surface area contributed by atoms with E-state index in [-0.39, 0.29) is 5.75 Å². The number of amides is 2. The van der Waals surface area contributed by atoms with E-state index in [1.807, 2.05) is 38.4 Å². The van der Waals surface area contributed by atoms with Gasteiger partial charge in [0.15, 0.2) is 0 Å². The molecule has 0 aliphatic heterocycles. The predicted octanol–water partition coefficient (Wildman–Crippen LogP) is 3.80. The van der Waals surface area contributed by atoms with E-state index in [1.165, 1.54) is 22.3 Å². The molecule has 0 unspecified atom stereocenters. The average molecular weight is 427 g/mol. The SMILES string of the molecule is CN(C)Cc1ccc(C[S@@](N)(=O)=NC(=O)Nc2c3c(cc4c2CCC4)CCC3)cc1. The van der Waals surface area contributed by atoms with Gasteiger partial charge < -0.3 is 10.2 Å². The quantitative estimate of drug-likeness (QED) is 0.762. The number of carbonyl (C=O) groups is 1. The number of benzene rings is 2. The zero-order chi connectivity index (χ0) is 21.3. The number of carbonyl (C=O) groups excluding carboxylic acids is 1. The van der Waals surface area contributed by atoms with E-state index in [1.54, 1.807) is 0 Å². The zero-order valence-electron chi connectivity index (χ0n) is 17.7. The van der Waals surface area contributed by atoms with Crippen molar-refractivity contribution in [1.29, 1.82) is 0 Å². The van der Waals surface area contributed by atoms with Crippen molar-refractivity contribution in [3.05, 3.63) is 63.7 Å². The summed E-state index contributed by atoms with van der Waals surface area (Å²) in [5, 5.41) is 8.88. The molecule has 0 heterocycles. The van der Waals surface area contributed by atoms with Gasteiger partial charge in [-0.3, -0.25) is 0 Å². The van der Waals surface area contributed by atoms with Crippen molar-refractivity contribution in [3.8, 4) is 0 Å². The number of rotatable bonds is 5. The van der Waals surface area contributed by atoms with Gasteiger partial charge in [-0.2, -0.15) is 0 Å². The molecule has 3 N–H and O–H groups in total. The lowest BCUT2D eigenvalue weighted by atomic mass is 9.99. The Kier molecular flexibility index (Phi) is 5.95. The van der Waals surface area contributed by atoms with Crippen LogP contribution in [0.1, 0.15) is 46.2 Å². The molecule has 30 heavy (non-hydrogen) atoms. The maximum atomic E-state index is 12.8. The van der Waals surface area contributed by atoms with E-state index in [4.69, 9.17) is 5.14 Å². The summed E-state index contributed by atoms with van der Waals surface area (Å²) >= 11 is 0. The van der Waals surface area contributed by atoms with Gasteiger partial charge in [0.1, 0.15) is 9.92 Å². The lowest BCUT2D eigenvalue weighted by Gasteiger charge is -2.15. The Bertz CT molecular complexity index is 1050. The minimum atomic E-state index is -3.17. The molecule has 0 radical (unpaired) electrons. The summed E-state index contributed by atoms with van der Waals surface area (Å²) in [6.45, 7) is 0.830. The molecule has 0 aromatic heterocycles. The number of nitrogens with one attached hydrogen (secondary N) is 1. The number of urea groups is 1. The topological polar surface area (TPSA) is 87.8 Å². The second-order valence-corrected chi connectivity index (χ2v) is 10.5. The van der Waals surface area contributed by atoms with Gasteiger partial charge in [-0.1, -0.05) is 30.3 Å². The summed E-state index contributed by atoms with van der Waals surface area (Å²) in [6.07, 6.45) is 6.26. The minimum Gasteiger partial charge on any atom is -0.305 e. The molecule has 0 saturated carbocycles. The molecule has 2 aromatic rings. The van der Waals surface area contributed by atoms with Crippen LogP contribution in [0.2, 0.25) is 0 Å². The number of anilines is 1. The van der Waals surface area contributed by atoms with Gasteiger partial charge in [0.25, 0.3) is 0 Å². The van der Waals surface area contributed by atoms with Gasteiger partial charge in [-0.15, -0.1) is 4.36 Å². The minimum absolute atomic E-state index is 0.0493. The summed E-state index contributed by atoms with van der Waals surface area (Å²) < 4.78 is 16.7. The number of aryl methyl sites for hydroxylation is 2. The maximum absolute atomic E-state index is 12.8. The summed E-state index contributed by atoms with van der Waals surface area (Å²) in [5.74, 6) is 0.0493. The number of hydrogen-bond donors (Lipinski definition) is 2. The molecule has 2 aliphatic rings. The number of hydrogen-bond acceptors (Lipinski definition) is 3. The fourth-order valence-corrected chi connectivity index (χ4v) is 5.68. The second-order valence-electron chi connectivity index (χ2n) is 8.64. The van der Waals surface area contributed by atoms with Crippen LogP contribution in [-0.2, 0) is 47.9 Å². The fourth-order valence-electron chi connectivity index (χ4n) is 4.61. The van der Waals surface area contributed by atoms with Crippen LogP contribution >= 0.6 is 0 Å². The largest absolute Gasteiger partial charge is 0.354 e. The third-order valence-corrected chi connectivity index (χ3v) is 7.06. The van der Waals surface area contributed by atoms with Crippen LogP contribution in [0.4, 0.5) is 10.5 Å². The monoisotopic (exact) mass is 426 g/mol. The van der Waals surface area contributed by atoms with Crippen molar-refractivity contribution in [2.75, 3.05) is 19.4 Å². The van der Waals surface area contributed by atoms with E-state index in [2.05, 4.69) is 20.6 Å². The van der Waals surface area contributed by atoms with Crippen LogP contribution < -0.4 is 10.5 Å². The molecule has 0 bridgehead atoms. The zero-order valence-corrected chi connectivity index (χ0v) is 18.6. The van der Waals surface area contributed by atoms with Crippen LogP contribution in [0, 0.1) is 0 Å². The van der Waals surface area contributed by atoms with Crippen LogP contribution in [0.5, 0.6) is 0 Å². The van der Waals surface area contributed by atoms with Crippen molar-refractivity contribution in [2.24, 2.45) is 9.50 Å². The lowest BCUT2D eigenvalue weighted by molar-refractivity contribution is 0.260. The molecule has 7 heteroatoms. The van der Waals surface area contributed by atoms with E-state index >= 15 is 0 Å². The Balaban J connectivity index is 1.51. The lowest BCUT2D eigenvalue weighted by Crippen LogP contribution is -2.20. The molecule has 2 aromatic carbocycles. The van der Waals surface area contributed by atoms with E-state index in [0.717, 1.165) is 61.9 Å². The molecule has 6 nitrogen and oxygen atoms in total. The molecule has 0 fully saturated rings. The fraction of sp³-hybridized carbons (Fsp3) is 0.435. The van der Waals surface area contributed by atoms with Gasteiger partial charge >= 0.3 is 6.03 Å². The molecule has 2 aliphatic carbocycles. The molecular formula is C23H30N4O2S. The van der Waals surface area contributed by atoms with Crippen molar-refractivity contribution >= 4 is 21.6 Å². The van der Waals surface area contributed by atoms with Crippen LogP contribution in [-0.4, -0.2) is 29.2 Å². The molecule has 0 saturated heterocycles. The van der Waals surface area contributed by atoms with Crippen LogP contribution in [0.15, 0.2) is 34.7 Å². The highest BCUT2D eigenvalue weighted by molar-refractivity contribution is 7.90. The first-order valence-electron chi connectivity index (χ1n) is 10.5. The van der Waals surface area contributed by atoms with Crippen LogP contribution in [0.25, 0.3) is 0 Å². The van der Waals surface area contributed by atoms with Crippen molar-refractivity contribution < 1.29 is 9.00 Å². The summed E-state index contributed by atoms with van der Waals surface area (Å²) in [5.41, 5.74) is 7.97. The van der Waals surface area contributed by atoms with Gasteiger partial charge in [0.05, 0.1) is 5.75 Å². The molecule has 2 amide bonds. The number of nitrogens with zero attached hydrogens (tertiary/aromatic N) is 2. The predicted molar refractivity (Wildman–Crippen MR) is 122 cm³/mol. The van der Waals surface area contributed by atoms with E-state index in [0.29, 0.717) is 0 Å². The summed E-state index contributed by atoms with van der Waals surface area (Å²) in [4.78, 5) is 14.7. The third-order valence-electron chi connectivity index (χ3n) is 5.84. The van der Waals surface area contributed by atoms with E-state index < -0.39 is 15.9 Å². The first-order valence-corrected chi connectivity index (χ1v) is 12.3. The molecule has 1 atom stereocenters. The normalized spacial score (nSPS) is 16.8. The first kappa shape index (κ1) is 21.0. The second kappa shape index (κ2) is 8.49. The number of fused-ring (bicyclic) bond motifs is 2. The van der Waals surface area contributed by atoms with Gasteiger partial charge in [-0.05, 0) is 86.0 Å². The maximum Gasteiger partial charge on any atom is 0.354 e. The Labute approximate surface area is 179 Å². The molecule has 4 rings (SSSR count). The Morgan fingerprint density at radius 3 is 2.17 bits per heavy atom. The highest BCUT2D eigenvalue weighted by Crippen LogP contribution is 2.38. The highest BCUT2D eigenvalue weighted by atomic mass is 32.2. The molecular weight excluding hydrogens is 396 g/mol. The van der Waals surface area contributed by atoms with E-state index in [9.17, 15) is 9.00 Å². The van der Waals surface area contributed by atoms with Gasteiger partial charge in [0.2, 0.25) is 0 Å². The Morgan fingerprint density at radius 2 is 1.60 bits per heavy atom. The van der Waals surface area contributed by atoms with Crippen molar-refractivity contribution in [3.63, 3.8) is 0 Å². The van der Waals surface area contributed by atoms with Crippen molar-refractivity contribution in [2.45, 2.75) is 50.8 Å². The van der Waals surface area contributed by atoms with Crippen LogP contribution in [0.3, 0.4) is 0 Å². The van der Waals surface area contributed by atoms with Gasteiger partial charge in [0, 0.05) is 12.2 Å². The van der Waals surface area contributed by atoms with Crippen molar-refractivity contribution in [1.82, 2.24) is 4.90 Å². The van der Waals surface area contributed by atoms with Gasteiger partial charge in [-0.25, -0.2) is 14.1 Å².